The van der Waals surface area contributed by atoms with Gasteiger partial charge in [-0.1, -0.05) is 48.5 Å². The van der Waals surface area contributed by atoms with Gasteiger partial charge in [0.25, 0.3) is 5.91 Å². The van der Waals surface area contributed by atoms with Crippen LogP contribution in [0.15, 0.2) is 72.8 Å². The SMILES string of the molecule is Cc1cccc(N2C(=O)CS[C@@]23C(=O)N(Cc2ccccc2F)c2ccccc23)c1. The number of halogens is 1. The number of hydrogen-bond acceptors (Lipinski definition) is 3. The van der Waals surface area contributed by atoms with Crippen molar-refractivity contribution in [3.63, 3.8) is 0 Å². The van der Waals surface area contributed by atoms with E-state index in [4.69, 9.17) is 0 Å². The normalized spacial score (nSPS) is 20.3. The van der Waals surface area contributed by atoms with Crippen LogP contribution >= 0.6 is 11.8 Å². The highest BCUT2D eigenvalue weighted by atomic mass is 32.2. The molecule has 2 heterocycles. The third kappa shape index (κ3) is 2.67. The van der Waals surface area contributed by atoms with Crippen molar-refractivity contribution in [3.8, 4) is 0 Å². The van der Waals surface area contributed by atoms with E-state index in [0.29, 0.717) is 16.9 Å². The molecular weight excluding hydrogens is 399 g/mol. The van der Waals surface area contributed by atoms with Gasteiger partial charge in [-0.25, -0.2) is 4.39 Å². The smallest absolute Gasteiger partial charge is 0.269 e. The number of rotatable bonds is 3. The first-order chi connectivity index (χ1) is 14.5. The summed E-state index contributed by atoms with van der Waals surface area (Å²) in [5, 5.41) is 0. The van der Waals surface area contributed by atoms with E-state index >= 15 is 0 Å². The molecule has 6 heteroatoms. The van der Waals surface area contributed by atoms with Gasteiger partial charge >= 0.3 is 0 Å². The fraction of sp³-hybridized carbons (Fsp3) is 0.167. The van der Waals surface area contributed by atoms with Crippen molar-refractivity contribution in [2.75, 3.05) is 15.6 Å². The lowest BCUT2D eigenvalue weighted by Gasteiger charge is -2.33. The van der Waals surface area contributed by atoms with Crippen molar-refractivity contribution >= 4 is 35.0 Å². The summed E-state index contributed by atoms with van der Waals surface area (Å²) in [5.74, 6) is -0.470. The summed E-state index contributed by atoms with van der Waals surface area (Å²) < 4.78 is 14.4. The van der Waals surface area contributed by atoms with Gasteiger partial charge < -0.3 is 4.90 Å². The van der Waals surface area contributed by atoms with Crippen LogP contribution < -0.4 is 9.80 Å². The van der Waals surface area contributed by atoms with Gasteiger partial charge in [0.1, 0.15) is 5.82 Å². The maximum Gasteiger partial charge on any atom is 0.269 e. The van der Waals surface area contributed by atoms with Gasteiger partial charge in [0.15, 0.2) is 0 Å². The highest BCUT2D eigenvalue weighted by molar-refractivity contribution is 8.02. The second-order valence-corrected chi connectivity index (χ2v) is 8.67. The number of anilines is 2. The molecule has 2 aliphatic rings. The number of hydrogen-bond donors (Lipinski definition) is 0. The Morgan fingerprint density at radius 2 is 1.77 bits per heavy atom. The van der Waals surface area contributed by atoms with Gasteiger partial charge in [-0.05, 0) is 36.8 Å². The molecule has 2 amide bonds. The molecule has 0 aromatic heterocycles. The molecular formula is C24H19FN2O2S. The van der Waals surface area contributed by atoms with E-state index in [-0.39, 0.29) is 29.9 Å². The summed E-state index contributed by atoms with van der Waals surface area (Å²) in [6.45, 7) is 2.07. The maximum absolute atomic E-state index is 14.4. The second kappa shape index (κ2) is 6.99. The van der Waals surface area contributed by atoms with Crippen LogP contribution in [0.2, 0.25) is 0 Å². The van der Waals surface area contributed by atoms with E-state index in [1.807, 2.05) is 55.5 Å². The predicted molar refractivity (Wildman–Crippen MR) is 117 cm³/mol. The molecule has 3 aromatic rings. The van der Waals surface area contributed by atoms with E-state index < -0.39 is 4.87 Å². The molecule has 4 nitrogen and oxygen atoms in total. The first-order valence-corrected chi connectivity index (χ1v) is 10.7. The molecule has 0 aliphatic carbocycles. The number of nitrogens with zero attached hydrogens (tertiary/aromatic N) is 2. The minimum absolute atomic E-state index is 0.110. The Morgan fingerprint density at radius 1 is 1.00 bits per heavy atom. The molecule has 30 heavy (non-hydrogen) atoms. The summed E-state index contributed by atoms with van der Waals surface area (Å²) in [6, 6.07) is 21.6. The standard InChI is InChI=1S/C24H19FN2O2S/c1-16-7-6-9-18(13-16)27-22(28)15-30-24(27)19-10-3-5-12-21(19)26(23(24)29)14-17-8-2-4-11-20(17)25/h2-13H,14-15H2,1H3/t24-/m0/s1. The summed E-state index contributed by atoms with van der Waals surface area (Å²) >= 11 is 1.33. The van der Waals surface area contributed by atoms with Gasteiger partial charge in [0, 0.05) is 16.8 Å². The first-order valence-electron chi connectivity index (χ1n) is 9.71. The second-order valence-electron chi connectivity index (χ2n) is 7.50. The van der Waals surface area contributed by atoms with Crippen LogP contribution in [0, 0.1) is 12.7 Å². The average Bonchev–Trinajstić information content (AvgIpc) is 3.21. The fourth-order valence-corrected chi connectivity index (χ4v) is 5.64. The molecule has 0 radical (unpaired) electrons. The highest BCUT2D eigenvalue weighted by Gasteiger charge is 2.60. The minimum Gasteiger partial charge on any atom is -0.304 e. The number of carbonyl (C=O) groups excluding carboxylic acids is 2. The number of benzene rings is 3. The van der Waals surface area contributed by atoms with Gasteiger partial charge in [0.05, 0.1) is 18.0 Å². The van der Waals surface area contributed by atoms with Crippen molar-refractivity contribution in [1.82, 2.24) is 0 Å². The molecule has 2 aliphatic heterocycles. The van der Waals surface area contributed by atoms with E-state index in [0.717, 1.165) is 11.1 Å². The van der Waals surface area contributed by atoms with Crippen molar-refractivity contribution in [1.29, 1.82) is 0 Å². The Labute approximate surface area is 178 Å². The van der Waals surface area contributed by atoms with Crippen LogP contribution in [0.3, 0.4) is 0 Å². The Morgan fingerprint density at radius 3 is 2.57 bits per heavy atom. The molecule has 1 saturated heterocycles. The summed E-state index contributed by atoms with van der Waals surface area (Å²) in [5.41, 5.74) is 3.62. The lowest BCUT2D eigenvalue weighted by atomic mass is 10.0. The molecule has 0 N–H and O–H groups in total. The Hall–Kier alpha value is -3.12. The van der Waals surface area contributed by atoms with E-state index in [9.17, 15) is 14.0 Å². The Balaban J connectivity index is 1.66. The summed E-state index contributed by atoms with van der Waals surface area (Å²) in [6.07, 6.45) is 0. The quantitative estimate of drug-likeness (QED) is 0.624. The lowest BCUT2D eigenvalue weighted by molar-refractivity contribution is -0.123. The largest absolute Gasteiger partial charge is 0.304 e. The van der Waals surface area contributed by atoms with E-state index in [2.05, 4.69) is 0 Å². The Kier molecular flexibility index (Phi) is 4.40. The molecule has 0 saturated carbocycles. The fourth-order valence-electron chi connectivity index (χ4n) is 4.28. The number of aryl methyl sites for hydroxylation is 1. The third-order valence-electron chi connectivity index (χ3n) is 5.61. The van der Waals surface area contributed by atoms with E-state index in [1.165, 1.54) is 17.8 Å². The van der Waals surface area contributed by atoms with Crippen molar-refractivity contribution in [2.45, 2.75) is 18.3 Å². The van der Waals surface area contributed by atoms with Crippen molar-refractivity contribution < 1.29 is 14.0 Å². The van der Waals surface area contributed by atoms with Crippen LogP contribution in [0.25, 0.3) is 0 Å². The number of carbonyl (C=O) groups is 2. The highest BCUT2D eigenvalue weighted by Crippen LogP contribution is 2.55. The summed E-state index contributed by atoms with van der Waals surface area (Å²) in [7, 11) is 0. The van der Waals surface area contributed by atoms with Gasteiger partial charge in [-0.2, -0.15) is 0 Å². The zero-order chi connectivity index (χ0) is 20.9. The number of fused-ring (bicyclic) bond motifs is 2. The predicted octanol–water partition coefficient (Wildman–Crippen LogP) is 4.61. The molecule has 0 unspecified atom stereocenters. The van der Waals surface area contributed by atoms with Gasteiger partial charge in [-0.3, -0.25) is 14.5 Å². The van der Waals surface area contributed by atoms with Crippen molar-refractivity contribution in [3.05, 3.63) is 95.3 Å². The van der Waals surface area contributed by atoms with Crippen LogP contribution in [-0.2, 0) is 21.0 Å². The number of amides is 2. The van der Waals surface area contributed by atoms with Crippen LogP contribution in [0.1, 0.15) is 16.7 Å². The molecule has 1 atom stereocenters. The molecule has 1 spiro atoms. The zero-order valence-corrected chi connectivity index (χ0v) is 17.2. The number of para-hydroxylation sites is 1. The van der Waals surface area contributed by atoms with Crippen molar-refractivity contribution in [2.24, 2.45) is 0 Å². The average molecular weight is 418 g/mol. The topological polar surface area (TPSA) is 40.6 Å². The lowest BCUT2D eigenvalue weighted by Crippen LogP contribution is -2.49. The molecule has 1 fully saturated rings. The van der Waals surface area contributed by atoms with Crippen LogP contribution in [0.5, 0.6) is 0 Å². The first kappa shape index (κ1) is 18.9. The van der Waals surface area contributed by atoms with Crippen LogP contribution in [0.4, 0.5) is 15.8 Å². The zero-order valence-electron chi connectivity index (χ0n) is 16.3. The minimum atomic E-state index is -1.17. The van der Waals surface area contributed by atoms with Gasteiger partial charge in [-0.15, -0.1) is 11.8 Å². The maximum atomic E-state index is 14.4. The summed E-state index contributed by atoms with van der Waals surface area (Å²) in [4.78, 5) is 28.9. The number of thioether (sulfide) groups is 1. The monoisotopic (exact) mass is 418 g/mol. The van der Waals surface area contributed by atoms with E-state index in [1.54, 1.807) is 28.0 Å². The third-order valence-corrected chi connectivity index (χ3v) is 7.00. The molecule has 5 rings (SSSR count). The van der Waals surface area contributed by atoms with Crippen LogP contribution in [-0.4, -0.2) is 17.6 Å². The molecule has 0 bridgehead atoms. The van der Waals surface area contributed by atoms with Gasteiger partial charge in [0.2, 0.25) is 10.8 Å². The molecule has 150 valence electrons. The molecule has 3 aromatic carbocycles. The Bertz CT molecular complexity index is 1180.